The van der Waals surface area contributed by atoms with Crippen molar-refractivity contribution >= 4 is 21.7 Å². The first-order valence-electron chi connectivity index (χ1n) is 5.83. The number of nitrogens with one attached hydrogen (secondary N) is 1. The molecule has 0 unspecified atom stereocenters. The van der Waals surface area contributed by atoms with Crippen LogP contribution >= 0.6 is 15.9 Å². The standard InChI is InChI=1S/C13H14BrN3/c1-9-5-2-3-6-10(9)12-11(14)13-15-7-4-8-17(13)16-12/h2-3,5-6,15H,4,7-8H2,1H3. The van der Waals surface area contributed by atoms with Crippen molar-refractivity contribution < 1.29 is 0 Å². The minimum absolute atomic E-state index is 0.993. The summed E-state index contributed by atoms with van der Waals surface area (Å²) in [6.45, 7) is 4.14. The number of aromatic nitrogens is 2. The Balaban J connectivity index is 2.16. The molecule has 1 aliphatic rings. The summed E-state index contributed by atoms with van der Waals surface area (Å²) < 4.78 is 3.13. The predicted octanol–water partition coefficient (Wildman–Crippen LogP) is 3.44. The zero-order chi connectivity index (χ0) is 11.8. The van der Waals surface area contributed by atoms with Crippen molar-refractivity contribution in [3.63, 3.8) is 0 Å². The van der Waals surface area contributed by atoms with E-state index < -0.39 is 0 Å². The first-order valence-corrected chi connectivity index (χ1v) is 6.63. The normalized spacial score (nSPS) is 14.2. The average molecular weight is 292 g/mol. The van der Waals surface area contributed by atoms with E-state index in [2.05, 4.69) is 62.2 Å². The number of hydrogen-bond donors (Lipinski definition) is 1. The topological polar surface area (TPSA) is 29.9 Å². The van der Waals surface area contributed by atoms with Crippen LogP contribution in [0.3, 0.4) is 0 Å². The van der Waals surface area contributed by atoms with E-state index in [9.17, 15) is 0 Å². The van der Waals surface area contributed by atoms with Crippen molar-refractivity contribution in [3.8, 4) is 11.3 Å². The quantitative estimate of drug-likeness (QED) is 0.872. The monoisotopic (exact) mass is 291 g/mol. The fourth-order valence-electron chi connectivity index (χ4n) is 2.22. The van der Waals surface area contributed by atoms with Gasteiger partial charge in [-0.25, -0.2) is 4.68 Å². The minimum Gasteiger partial charge on any atom is -0.369 e. The fraction of sp³-hybridized carbons (Fsp3) is 0.308. The van der Waals surface area contributed by atoms with Crippen LogP contribution in [0.25, 0.3) is 11.3 Å². The van der Waals surface area contributed by atoms with E-state index >= 15 is 0 Å². The van der Waals surface area contributed by atoms with Crippen LogP contribution in [0.1, 0.15) is 12.0 Å². The maximum atomic E-state index is 4.69. The number of halogens is 1. The summed E-state index contributed by atoms with van der Waals surface area (Å²) in [5, 5.41) is 8.08. The molecule has 0 radical (unpaired) electrons. The van der Waals surface area contributed by atoms with Crippen LogP contribution in [0.15, 0.2) is 28.7 Å². The molecule has 2 heterocycles. The third kappa shape index (κ3) is 1.76. The number of fused-ring (bicyclic) bond motifs is 1. The highest BCUT2D eigenvalue weighted by Gasteiger charge is 2.19. The lowest BCUT2D eigenvalue weighted by Gasteiger charge is -2.15. The van der Waals surface area contributed by atoms with Gasteiger partial charge in [-0.3, -0.25) is 0 Å². The number of aryl methyl sites for hydroxylation is 2. The first-order chi connectivity index (χ1) is 8.27. The minimum atomic E-state index is 0.993. The maximum absolute atomic E-state index is 4.69. The van der Waals surface area contributed by atoms with Crippen LogP contribution in [-0.4, -0.2) is 16.3 Å². The molecule has 0 bridgehead atoms. The van der Waals surface area contributed by atoms with Gasteiger partial charge in [-0.1, -0.05) is 24.3 Å². The Hall–Kier alpha value is -1.29. The van der Waals surface area contributed by atoms with Gasteiger partial charge in [-0.2, -0.15) is 5.10 Å². The molecule has 0 atom stereocenters. The van der Waals surface area contributed by atoms with E-state index in [1.54, 1.807) is 0 Å². The number of hydrogen-bond acceptors (Lipinski definition) is 2. The van der Waals surface area contributed by atoms with Gasteiger partial charge in [0.2, 0.25) is 0 Å². The van der Waals surface area contributed by atoms with Crippen LogP contribution in [0.2, 0.25) is 0 Å². The van der Waals surface area contributed by atoms with E-state index in [0.717, 1.165) is 35.5 Å². The number of benzene rings is 1. The third-order valence-electron chi connectivity index (χ3n) is 3.13. The molecular weight excluding hydrogens is 278 g/mol. The molecule has 1 aliphatic heterocycles. The lowest BCUT2D eigenvalue weighted by molar-refractivity contribution is 0.568. The molecule has 3 rings (SSSR count). The Morgan fingerprint density at radius 2 is 2.18 bits per heavy atom. The van der Waals surface area contributed by atoms with E-state index in [1.807, 2.05) is 0 Å². The van der Waals surface area contributed by atoms with Crippen molar-refractivity contribution in [2.24, 2.45) is 0 Å². The predicted molar refractivity (Wildman–Crippen MR) is 73.2 cm³/mol. The molecule has 0 amide bonds. The second-order valence-corrected chi connectivity index (χ2v) is 5.12. The Labute approximate surface area is 109 Å². The van der Waals surface area contributed by atoms with Gasteiger partial charge in [0, 0.05) is 18.7 Å². The molecule has 0 fully saturated rings. The molecule has 2 aromatic rings. The van der Waals surface area contributed by atoms with Crippen molar-refractivity contribution in [3.05, 3.63) is 34.3 Å². The van der Waals surface area contributed by atoms with Gasteiger partial charge in [-0.05, 0) is 34.8 Å². The molecule has 0 aliphatic carbocycles. The molecule has 3 nitrogen and oxygen atoms in total. The Morgan fingerprint density at radius 3 is 2.94 bits per heavy atom. The highest BCUT2D eigenvalue weighted by Crippen LogP contribution is 2.36. The molecule has 1 aromatic carbocycles. The molecule has 0 saturated carbocycles. The van der Waals surface area contributed by atoms with Gasteiger partial charge in [-0.15, -0.1) is 0 Å². The molecule has 88 valence electrons. The smallest absolute Gasteiger partial charge is 0.139 e. The largest absolute Gasteiger partial charge is 0.369 e. The Morgan fingerprint density at radius 1 is 1.35 bits per heavy atom. The Kier molecular flexibility index (Phi) is 2.67. The number of rotatable bonds is 1. The summed E-state index contributed by atoms with van der Waals surface area (Å²) in [7, 11) is 0. The van der Waals surface area contributed by atoms with Crippen molar-refractivity contribution in [1.82, 2.24) is 9.78 Å². The second kappa shape index (κ2) is 4.18. The molecule has 1 N–H and O–H groups in total. The summed E-state index contributed by atoms with van der Waals surface area (Å²) in [5.74, 6) is 1.11. The van der Waals surface area contributed by atoms with Gasteiger partial charge in [0.1, 0.15) is 11.5 Å². The molecule has 17 heavy (non-hydrogen) atoms. The molecule has 1 aromatic heterocycles. The van der Waals surface area contributed by atoms with Crippen LogP contribution in [-0.2, 0) is 6.54 Å². The first kappa shape index (κ1) is 10.8. The lowest BCUT2D eigenvalue weighted by atomic mass is 10.1. The summed E-state index contributed by atoms with van der Waals surface area (Å²) >= 11 is 3.66. The van der Waals surface area contributed by atoms with Crippen molar-refractivity contribution in [2.75, 3.05) is 11.9 Å². The van der Waals surface area contributed by atoms with Crippen molar-refractivity contribution in [2.45, 2.75) is 19.9 Å². The molecular formula is C13H14BrN3. The summed E-state index contributed by atoms with van der Waals surface area (Å²) in [6, 6.07) is 8.35. The van der Waals surface area contributed by atoms with E-state index in [1.165, 1.54) is 11.1 Å². The van der Waals surface area contributed by atoms with E-state index in [0.29, 0.717) is 0 Å². The highest BCUT2D eigenvalue weighted by molar-refractivity contribution is 9.10. The van der Waals surface area contributed by atoms with Gasteiger partial charge < -0.3 is 5.32 Å². The summed E-state index contributed by atoms with van der Waals surface area (Å²) in [5.41, 5.74) is 3.49. The number of anilines is 1. The average Bonchev–Trinajstić information content (AvgIpc) is 2.68. The lowest BCUT2D eigenvalue weighted by Crippen LogP contribution is -2.17. The van der Waals surface area contributed by atoms with Crippen LogP contribution in [0, 0.1) is 6.92 Å². The third-order valence-corrected chi connectivity index (χ3v) is 3.89. The highest BCUT2D eigenvalue weighted by atomic mass is 79.9. The van der Waals surface area contributed by atoms with E-state index in [-0.39, 0.29) is 0 Å². The summed E-state index contributed by atoms with van der Waals surface area (Å²) in [6.07, 6.45) is 1.13. The SMILES string of the molecule is Cc1ccccc1-c1nn2c(c1Br)NCCC2. The zero-order valence-corrected chi connectivity index (χ0v) is 11.3. The number of nitrogens with zero attached hydrogens (tertiary/aromatic N) is 2. The summed E-state index contributed by atoms with van der Waals surface area (Å²) in [4.78, 5) is 0. The van der Waals surface area contributed by atoms with E-state index in [4.69, 9.17) is 0 Å². The zero-order valence-electron chi connectivity index (χ0n) is 9.70. The van der Waals surface area contributed by atoms with Crippen LogP contribution < -0.4 is 5.32 Å². The van der Waals surface area contributed by atoms with Crippen LogP contribution in [0.5, 0.6) is 0 Å². The molecule has 4 heteroatoms. The molecule has 0 saturated heterocycles. The van der Waals surface area contributed by atoms with Gasteiger partial charge in [0.05, 0.1) is 4.47 Å². The Bertz CT molecular complexity index is 560. The van der Waals surface area contributed by atoms with Crippen LogP contribution in [0.4, 0.5) is 5.82 Å². The van der Waals surface area contributed by atoms with Gasteiger partial charge >= 0.3 is 0 Å². The maximum Gasteiger partial charge on any atom is 0.139 e. The van der Waals surface area contributed by atoms with Gasteiger partial charge in [0.15, 0.2) is 0 Å². The fourth-order valence-corrected chi connectivity index (χ4v) is 2.85. The second-order valence-electron chi connectivity index (χ2n) is 4.33. The van der Waals surface area contributed by atoms with Gasteiger partial charge in [0.25, 0.3) is 0 Å². The van der Waals surface area contributed by atoms with Crippen molar-refractivity contribution in [1.29, 1.82) is 0 Å². The molecule has 0 spiro atoms.